The number of pyridine rings is 1. The summed E-state index contributed by atoms with van der Waals surface area (Å²) in [6.07, 6.45) is 1.83. The second-order valence-electron chi connectivity index (χ2n) is 5.83. The number of esters is 1. The van der Waals surface area contributed by atoms with Gasteiger partial charge in [0.15, 0.2) is 11.3 Å². The van der Waals surface area contributed by atoms with Gasteiger partial charge in [-0.1, -0.05) is 44.2 Å². The lowest BCUT2D eigenvalue weighted by Crippen LogP contribution is -2.07. The fourth-order valence-electron chi connectivity index (χ4n) is 2.42. The Morgan fingerprint density at radius 2 is 2.00 bits per heavy atom. The summed E-state index contributed by atoms with van der Waals surface area (Å²) in [5.74, 6) is -0.0949. The highest BCUT2D eigenvalue weighted by molar-refractivity contribution is 6.01. The van der Waals surface area contributed by atoms with Crippen LogP contribution in [0.4, 0.5) is 0 Å². The molecule has 0 fully saturated rings. The third-order valence-corrected chi connectivity index (χ3v) is 3.77. The molecule has 0 unspecified atom stereocenters. The lowest BCUT2D eigenvalue weighted by Gasteiger charge is -2.05. The van der Waals surface area contributed by atoms with Crippen molar-refractivity contribution in [2.75, 3.05) is 0 Å². The van der Waals surface area contributed by atoms with Gasteiger partial charge in [0.05, 0.1) is 5.39 Å². The monoisotopic (exact) mass is 309 g/mol. The average molecular weight is 309 g/mol. The summed E-state index contributed by atoms with van der Waals surface area (Å²) >= 11 is 0. The normalized spacial score (nSPS) is 11.1. The zero-order valence-electron chi connectivity index (χ0n) is 13.5. The standard InChI is InChI=1S/C18H19N3O2/c1-12(2)14-9-15-16(20-21(3)17(15)19-10-14)18(22)23-11-13-7-5-4-6-8-13/h4-10,12H,11H2,1-3H3. The van der Waals surface area contributed by atoms with E-state index >= 15 is 0 Å². The number of carbonyl (C=O) groups excluding carboxylic acids is 1. The van der Waals surface area contributed by atoms with Crippen LogP contribution in [-0.4, -0.2) is 20.7 Å². The quantitative estimate of drug-likeness (QED) is 0.693. The molecule has 23 heavy (non-hydrogen) atoms. The largest absolute Gasteiger partial charge is 0.456 e. The Hall–Kier alpha value is -2.69. The highest BCUT2D eigenvalue weighted by atomic mass is 16.5. The maximum absolute atomic E-state index is 12.4. The van der Waals surface area contributed by atoms with Gasteiger partial charge >= 0.3 is 5.97 Å². The average Bonchev–Trinajstić information content (AvgIpc) is 2.90. The Labute approximate surface area is 134 Å². The Kier molecular flexibility index (Phi) is 4.10. The third-order valence-electron chi connectivity index (χ3n) is 3.77. The molecule has 0 aliphatic rings. The van der Waals surface area contributed by atoms with E-state index in [9.17, 15) is 4.79 Å². The molecule has 0 aliphatic heterocycles. The van der Waals surface area contributed by atoms with Crippen LogP contribution >= 0.6 is 0 Å². The first-order valence-corrected chi connectivity index (χ1v) is 7.60. The fourth-order valence-corrected chi connectivity index (χ4v) is 2.42. The summed E-state index contributed by atoms with van der Waals surface area (Å²) in [6.45, 7) is 4.41. The number of aryl methyl sites for hydroxylation is 1. The van der Waals surface area contributed by atoms with Gasteiger partial charge < -0.3 is 4.74 Å². The van der Waals surface area contributed by atoms with Crippen molar-refractivity contribution in [1.29, 1.82) is 0 Å². The minimum Gasteiger partial charge on any atom is -0.456 e. The molecule has 5 nitrogen and oxygen atoms in total. The number of fused-ring (bicyclic) bond motifs is 1. The molecular weight excluding hydrogens is 290 g/mol. The SMILES string of the molecule is CC(C)c1cnc2c(c1)c(C(=O)OCc1ccccc1)nn2C. The van der Waals surface area contributed by atoms with Gasteiger partial charge in [-0.05, 0) is 23.1 Å². The van der Waals surface area contributed by atoms with Crippen LogP contribution in [0, 0.1) is 0 Å². The zero-order chi connectivity index (χ0) is 16.4. The van der Waals surface area contributed by atoms with Crippen LogP contribution in [0.15, 0.2) is 42.6 Å². The molecule has 118 valence electrons. The van der Waals surface area contributed by atoms with Crippen molar-refractivity contribution < 1.29 is 9.53 Å². The molecule has 0 N–H and O–H groups in total. The van der Waals surface area contributed by atoms with E-state index in [1.165, 1.54) is 0 Å². The Balaban J connectivity index is 1.89. The van der Waals surface area contributed by atoms with Crippen LogP contribution in [0.5, 0.6) is 0 Å². The van der Waals surface area contributed by atoms with Crippen LogP contribution in [0.2, 0.25) is 0 Å². The first kappa shape index (κ1) is 15.2. The van der Waals surface area contributed by atoms with Crippen LogP contribution in [0.3, 0.4) is 0 Å². The van der Waals surface area contributed by atoms with Crippen molar-refractivity contribution >= 4 is 17.0 Å². The molecule has 2 heterocycles. The van der Waals surface area contributed by atoms with Crippen molar-refractivity contribution in [1.82, 2.24) is 14.8 Å². The molecule has 0 saturated heterocycles. The van der Waals surface area contributed by atoms with E-state index < -0.39 is 5.97 Å². The van der Waals surface area contributed by atoms with Crippen LogP contribution in [-0.2, 0) is 18.4 Å². The van der Waals surface area contributed by atoms with E-state index in [-0.39, 0.29) is 6.61 Å². The molecule has 2 aromatic heterocycles. The van der Waals surface area contributed by atoms with E-state index in [1.807, 2.05) is 42.6 Å². The van der Waals surface area contributed by atoms with Crippen molar-refractivity contribution in [3.8, 4) is 0 Å². The number of nitrogens with zero attached hydrogens (tertiary/aromatic N) is 3. The van der Waals surface area contributed by atoms with Crippen molar-refractivity contribution in [3.63, 3.8) is 0 Å². The second-order valence-corrected chi connectivity index (χ2v) is 5.83. The van der Waals surface area contributed by atoms with Crippen LogP contribution in [0.25, 0.3) is 11.0 Å². The van der Waals surface area contributed by atoms with Crippen molar-refractivity contribution in [2.45, 2.75) is 26.4 Å². The van der Waals surface area contributed by atoms with Gasteiger partial charge in [0.1, 0.15) is 6.61 Å². The van der Waals surface area contributed by atoms with E-state index in [0.29, 0.717) is 17.3 Å². The van der Waals surface area contributed by atoms with Crippen molar-refractivity contribution in [2.24, 2.45) is 7.05 Å². The first-order chi connectivity index (χ1) is 11.1. The number of hydrogen-bond donors (Lipinski definition) is 0. The predicted molar refractivity (Wildman–Crippen MR) is 88.2 cm³/mol. The smallest absolute Gasteiger partial charge is 0.359 e. The van der Waals surface area contributed by atoms with Gasteiger partial charge in [0.2, 0.25) is 0 Å². The van der Waals surface area contributed by atoms with E-state index in [0.717, 1.165) is 16.5 Å². The number of benzene rings is 1. The Bertz CT molecular complexity index is 838. The molecule has 0 bridgehead atoms. The number of rotatable bonds is 4. The number of ether oxygens (including phenoxy) is 1. The van der Waals surface area contributed by atoms with Gasteiger partial charge in [0.25, 0.3) is 0 Å². The Morgan fingerprint density at radius 3 is 2.70 bits per heavy atom. The van der Waals surface area contributed by atoms with E-state index in [1.54, 1.807) is 11.7 Å². The zero-order valence-corrected chi connectivity index (χ0v) is 13.5. The Morgan fingerprint density at radius 1 is 1.26 bits per heavy atom. The lowest BCUT2D eigenvalue weighted by atomic mass is 10.0. The predicted octanol–water partition coefficient (Wildman–Crippen LogP) is 3.45. The van der Waals surface area contributed by atoms with Gasteiger partial charge in [-0.2, -0.15) is 5.10 Å². The molecule has 0 radical (unpaired) electrons. The van der Waals surface area contributed by atoms with Gasteiger partial charge in [-0.15, -0.1) is 0 Å². The third kappa shape index (κ3) is 3.08. The van der Waals surface area contributed by atoms with Gasteiger partial charge in [-0.3, -0.25) is 0 Å². The first-order valence-electron chi connectivity index (χ1n) is 7.60. The maximum Gasteiger partial charge on any atom is 0.359 e. The van der Waals surface area contributed by atoms with Gasteiger partial charge in [0, 0.05) is 13.2 Å². The highest BCUT2D eigenvalue weighted by Crippen LogP contribution is 2.22. The highest BCUT2D eigenvalue weighted by Gasteiger charge is 2.19. The molecule has 0 saturated carbocycles. The summed E-state index contributed by atoms with van der Waals surface area (Å²) in [7, 11) is 1.78. The van der Waals surface area contributed by atoms with Crippen LogP contribution in [0.1, 0.15) is 41.4 Å². The molecule has 3 rings (SSSR count). The van der Waals surface area contributed by atoms with Gasteiger partial charge in [-0.25, -0.2) is 14.5 Å². The number of hydrogen-bond acceptors (Lipinski definition) is 4. The van der Waals surface area contributed by atoms with E-state index in [4.69, 9.17) is 4.74 Å². The minimum atomic E-state index is -0.429. The molecule has 0 spiro atoms. The summed E-state index contributed by atoms with van der Waals surface area (Å²) < 4.78 is 7.00. The molecule has 0 amide bonds. The molecule has 3 aromatic rings. The second kappa shape index (κ2) is 6.20. The molecule has 0 atom stereocenters. The molecule has 5 heteroatoms. The number of aromatic nitrogens is 3. The van der Waals surface area contributed by atoms with Crippen molar-refractivity contribution in [3.05, 3.63) is 59.4 Å². The van der Waals surface area contributed by atoms with Crippen LogP contribution < -0.4 is 0 Å². The molecular formula is C18H19N3O2. The summed E-state index contributed by atoms with van der Waals surface area (Å²) in [4.78, 5) is 16.8. The fraction of sp³-hybridized carbons (Fsp3) is 0.278. The molecule has 0 aliphatic carbocycles. The molecule has 1 aromatic carbocycles. The maximum atomic E-state index is 12.4. The lowest BCUT2D eigenvalue weighted by molar-refractivity contribution is 0.0467. The minimum absolute atomic E-state index is 0.231. The topological polar surface area (TPSA) is 57.0 Å². The summed E-state index contributed by atoms with van der Waals surface area (Å²) in [5.41, 5.74) is 3.01. The summed E-state index contributed by atoms with van der Waals surface area (Å²) in [5, 5.41) is 5.02. The summed E-state index contributed by atoms with van der Waals surface area (Å²) in [6, 6.07) is 11.6. The number of carbonyl (C=O) groups is 1. The van der Waals surface area contributed by atoms with E-state index in [2.05, 4.69) is 23.9 Å².